The van der Waals surface area contributed by atoms with E-state index < -0.39 is 0 Å². The summed E-state index contributed by atoms with van der Waals surface area (Å²) < 4.78 is 3.05. The van der Waals surface area contributed by atoms with Crippen LogP contribution in [0.15, 0.2) is 29.3 Å². The maximum Gasteiger partial charge on any atom is 0.269 e. The average Bonchev–Trinajstić information content (AvgIpc) is 3.25. The Labute approximate surface area is 146 Å². The zero-order valence-electron chi connectivity index (χ0n) is 14.7. The van der Waals surface area contributed by atoms with Crippen LogP contribution in [0.4, 0.5) is 5.69 Å². The first-order chi connectivity index (χ1) is 12.1. The first kappa shape index (κ1) is 17.2. The monoisotopic (exact) mass is 344 g/mol. The summed E-state index contributed by atoms with van der Waals surface area (Å²) in [6.45, 7) is 5.09. The minimum absolute atomic E-state index is 0.0837. The van der Waals surface area contributed by atoms with Gasteiger partial charge in [-0.25, -0.2) is 4.68 Å². The molecule has 3 heterocycles. The van der Waals surface area contributed by atoms with E-state index in [0.29, 0.717) is 18.2 Å². The molecule has 0 unspecified atom stereocenters. The Morgan fingerprint density at radius 2 is 2.24 bits per heavy atom. The second kappa shape index (κ2) is 7.50. The number of aromatic nitrogens is 4. The topological polar surface area (TPSA) is 85.1 Å². The van der Waals surface area contributed by atoms with Crippen molar-refractivity contribution in [2.45, 2.75) is 26.3 Å². The Kier molecular flexibility index (Phi) is 5.16. The van der Waals surface area contributed by atoms with Gasteiger partial charge in [0.15, 0.2) is 0 Å². The highest BCUT2D eigenvalue weighted by Crippen LogP contribution is 2.21. The highest BCUT2D eigenvalue weighted by molar-refractivity contribution is 5.92. The van der Waals surface area contributed by atoms with E-state index in [4.69, 9.17) is 0 Å². The highest BCUT2D eigenvalue weighted by atomic mass is 16.2. The molecule has 1 atom stereocenters. The molecule has 8 nitrogen and oxygen atoms in total. The smallest absolute Gasteiger partial charge is 0.269 e. The molecule has 1 amide bonds. The van der Waals surface area contributed by atoms with Crippen LogP contribution in [0, 0.1) is 5.92 Å². The van der Waals surface area contributed by atoms with Crippen LogP contribution in [0.3, 0.4) is 0 Å². The van der Waals surface area contributed by atoms with Gasteiger partial charge in [0.2, 0.25) is 0 Å². The molecule has 1 saturated heterocycles. The number of nitrogens with zero attached hydrogens (tertiary/aromatic N) is 5. The first-order valence-electron chi connectivity index (χ1n) is 8.66. The third kappa shape index (κ3) is 3.89. The molecule has 0 aromatic carbocycles. The van der Waals surface area contributed by atoms with Crippen LogP contribution in [-0.4, -0.2) is 45.1 Å². The summed E-state index contributed by atoms with van der Waals surface area (Å²) in [4.78, 5) is 26.2. The van der Waals surface area contributed by atoms with Crippen molar-refractivity contribution in [1.82, 2.24) is 24.9 Å². The number of amides is 1. The van der Waals surface area contributed by atoms with Crippen molar-refractivity contribution in [1.29, 1.82) is 0 Å². The molecule has 3 rings (SSSR count). The van der Waals surface area contributed by atoms with E-state index in [1.54, 1.807) is 36.3 Å². The summed E-state index contributed by atoms with van der Waals surface area (Å²) in [7, 11) is 1.64. The Morgan fingerprint density at radius 3 is 3.00 bits per heavy atom. The molecular weight excluding hydrogens is 320 g/mol. The minimum Gasteiger partial charge on any atom is -0.370 e. The Hall–Kier alpha value is -2.64. The number of carbonyl (C=O) groups excluding carboxylic acids is 1. The van der Waals surface area contributed by atoms with E-state index in [-0.39, 0.29) is 11.5 Å². The average molecular weight is 344 g/mol. The van der Waals surface area contributed by atoms with E-state index >= 15 is 0 Å². The SMILES string of the molecule is CCCn1nccc1C(=O)NC[C@H]1CCN(c2cnn(C)c(=O)c2)C1. The maximum atomic E-state index is 12.4. The van der Waals surface area contributed by atoms with Crippen LogP contribution in [0.2, 0.25) is 0 Å². The van der Waals surface area contributed by atoms with Crippen molar-refractivity contribution >= 4 is 11.6 Å². The molecule has 0 saturated carbocycles. The van der Waals surface area contributed by atoms with Crippen molar-refractivity contribution in [3.8, 4) is 0 Å². The zero-order valence-corrected chi connectivity index (χ0v) is 14.7. The number of aryl methyl sites for hydroxylation is 2. The second-order valence-electron chi connectivity index (χ2n) is 6.43. The summed E-state index contributed by atoms with van der Waals surface area (Å²) >= 11 is 0. The fraction of sp³-hybridized carbons (Fsp3) is 0.529. The van der Waals surface area contributed by atoms with Gasteiger partial charge in [0, 0.05) is 45.5 Å². The minimum atomic E-state index is -0.113. The van der Waals surface area contributed by atoms with Crippen LogP contribution >= 0.6 is 0 Å². The fourth-order valence-corrected chi connectivity index (χ4v) is 3.11. The molecule has 1 aliphatic heterocycles. The molecule has 1 fully saturated rings. The predicted octanol–water partition coefficient (Wildman–Crippen LogP) is 0.643. The molecule has 2 aromatic heterocycles. The van der Waals surface area contributed by atoms with Crippen LogP contribution < -0.4 is 15.8 Å². The van der Waals surface area contributed by atoms with Crippen LogP contribution in [0.25, 0.3) is 0 Å². The molecule has 8 heteroatoms. The van der Waals surface area contributed by atoms with E-state index in [0.717, 1.165) is 38.2 Å². The van der Waals surface area contributed by atoms with Crippen LogP contribution in [-0.2, 0) is 13.6 Å². The lowest BCUT2D eigenvalue weighted by atomic mass is 10.1. The molecule has 25 heavy (non-hydrogen) atoms. The molecule has 0 spiro atoms. The van der Waals surface area contributed by atoms with Gasteiger partial charge in [-0.1, -0.05) is 6.92 Å². The number of rotatable bonds is 6. The summed E-state index contributed by atoms with van der Waals surface area (Å²) in [6.07, 6.45) is 5.28. The van der Waals surface area contributed by atoms with Crippen molar-refractivity contribution in [2.75, 3.05) is 24.5 Å². The van der Waals surface area contributed by atoms with Crippen molar-refractivity contribution in [3.63, 3.8) is 0 Å². The van der Waals surface area contributed by atoms with Gasteiger partial charge in [-0.3, -0.25) is 14.3 Å². The molecule has 1 aliphatic rings. The highest BCUT2D eigenvalue weighted by Gasteiger charge is 2.24. The van der Waals surface area contributed by atoms with Crippen molar-refractivity contribution in [2.24, 2.45) is 13.0 Å². The largest absolute Gasteiger partial charge is 0.370 e. The van der Waals surface area contributed by atoms with E-state index in [2.05, 4.69) is 27.3 Å². The van der Waals surface area contributed by atoms with Gasteiger partial charge >= 0.3 is 0 Å². The maximum absolute atomic E-state index is 12.4. The first-order valence-corrected chi connectivity index (χ1v) is 8.66. The van der Waals surface area contributed by atoms with Gasteiger partial charge in [0.05, 0.1) is 11.9 Å². The molecule has 2 aromatic rings. The standard InChI is InChI=1S/C17H24N6O2/c1-3-7-23-15(4-6-19-23)17(25)18-10-13-5-8-22(12-13)14-9-16(24)21(2)20-11-14/h4,6,9,11,13H,3,5,7-8,10,12H2,1-2H3,(H,18,25)/t13-/m1/s1. The van der Waals surface area contributed by atoms with Crippen LogP contribution in [0.1, 0.15) is 30.3 Å². The van der Waals surface area contributed by atoms with Gasteiger partial charge in [-0.05, 0) is 24.8 Å². The van der Waals surface area contributed by atoms with Gasteiger partial charge in [-0.2, -0.15) is 10.2 Å². The molecule has 0 radical (unpaired) electrons. The third-order valence-corrected chi connectivity index (χ3v) is 4.54. The summed E-state index contributed by atoms with van der Waals surface area (Å²) in [5, 5.41) is 11.3. The lowest BCUT2D eigenvalue weighted by molar-refractivity contribution is 0.0937. The zero-order chi connectivity index (χ0) is 17.8. The molecule has 0 bridgehead atoms. The van der Waals surface area contributed by atoms with E-state index in [1.165, 1.54) is 4.68 Å². The normalized spacial score (nSPS) is 17.0. The quantitative estimate of drug-likeness (QED) is 0.831. The van der Waals surface area contributed by atoms with Gasteiger partial charge in [0.25, 0.3) is 11.5 Å². The van der Waals surface area contributed by atoms with Gasteiger partial charge < -0.3 is 10.2 Å². The summed E-state index contributed by atoms with van der Waals surface area (Å²) in [5.41, 5.74) is 1.34. The number of nitrogens with one attached hydrogen (secondary N) is 1. The van der Waals surface area contributed by atoms with Crippen molar-refractivity contribution < 1.29 is 4.79 Å². The lowest BCUT2D eigenvalue weighted by Crippen LogP contribution is -2.32. The third-order valence-electron chi connectivity index (χ3n) is 4.54. The molecular formula is C17H24N6O2. The van der Waals surface area contributed by atoms with Crippen molar-refractivity contribution in [3.05, 3.63) is 40.6 Å². The predicted molar refractivity (Wildman–Crippen MR) is 94.6 cm³/mol. The van der Waals surface area contributed by atoms with E-state index in [1.807, 2.05) is 0 Å². The fourth-order valence-electron chi connectivity index (χ4n) is 3.11. The van der Waals surface area contributed by atoms with Gasteiger partial charge in [0.1, 0.15) is 5.69 Å². The number of hydrogen-bond acceptors (Lipinski definition) is 5. The number of carbonyl (C=O) groups is 1. The Morgan fingerprint density at radius 1 is 1.40 bits per heavy atom. The van der Waals surface area contributed by atoms with Crippen LogP contribution in [0.5, 0.6) is 0 Å². The number of anilines is 1. The Balaban J connectivity index is 1.54. The summed E-state index contributed by atoms with van der Waals surface area (Å²) in [6, 6.07) is 3.36. The van der Waals surface area contributed by atoms with E-state index in [9.17, 15) is 9.59 Å². The van der Waals surface area contributed by atoms with Gasteiger partial charge in [-0.15, -0.1) is 0 Å². The summed E-state index contributed by atoms with van der Waals surface area (Å²) in [5.74, 6) is 0.273. The molecule has 0 aliphatic carbocycles. The lowest BCUT2D eigenvalue weighted by Gasteiger charge is -2.18. The molecule has 134 valence electrons. The Bertz CT molecular complexity index is 796. The number of hydrogen-bond donors (Lipinski definition) is 1. The second-order valence-corrected chi connectivity index (χ2v) is 6.43. The molecule has 1 N–H and O–H groups in total.